The van der Waals surface area contributed by atoms with Gasteiger partial charge in [-0.25, -0.2) is 0 Å². The van der Waals surface area contributed by atoms with Crippen LogP contribution in [0, 0.1) is 0 Å². The van der Waals surface area contributed by atoms with E-state index < -0.39 is 0 Å². The van der Waals surface area contributed by atoms with Crippen LogP contribution < -0.4 is 19.5 Å². The number of methoxy groups -OCH3 is 2. The normalized spacial score (nSPS) is 10.5. The Morgan fingerprint density at radius 3 is 2.42 bits per heavy atom. The smallest absolute Gasteiger partial charge is 0.258 e. The highest BCUT2D eigenvalue weighted by Gasteiger charge is 2.15. The van der Waals surface area contributed by atoms with Crippen LogP contribution in [0.2, 0.25) is 0 Å². The topological polar surface area (TPSA) is 95.7 Å². The summed E-state index contributed by atoms with van der Waals surface area (Å²) in [6.45, 7) is 0.121. The van der Waals surface area contributed by atoms with Crippen molar-refractivity contribution >= 4 is 5.91 Å². The van der Waals surface area contributed by atoms with Crippen molar-refractivity contribution in [2.75, 3.05) is 20.8 Å². The van der Waals surface area contributed by atoms with Gasteiger partial charge in [-0.3, -0.25) is 4.79 Å². The number of amides is 1. The van der Waals surface area contributed by atoms with Gasteiger partial charge in [0, 0.05) is 23.7 Å². The minimum Gasteiger partial charge on any atom is -0.497 e. The molecule has 8 heteroatoms. The summed E-state index contributed by atoms with van der Waals surface area (Å²) in [4.78, 5) is 12.4. The van der Waals surface area contributed by atoms with Crippen LogP contribution in [0.25, 0.3) is 22.9 Å². The summed E-state index contributed by atoms with van der Waals surface area (Å²) in [7, 11) is 3.16. The van der Waals surface area contributed by atoms with Crippen LogP contribution in [-0.4, -0.2) is 36.9 Å². The lowest BCUT2D eigenvalue weighted by atomic mass is 10.2. The summed E-state index contributed by atoms with van der Waals surface area (Å²) >= 11 is 0. The predicted molar refractivity (Wildman–Crippen MR) is 122 cm³/mol. The van der Waals surface area contributed by atoms with Crippen molar-refractivity contribution in [2.24, 2.45) is 0 Å². The van der Waals surface area contributed by atoms with Crippen LogP contribution >= 0.6 is 0 Å². The molecule has 0 unspecified atom stereocenters. The molecule has 1 amide bonds. The van der Waals surface area contributed by atoms with Crippen molar-refractivity contribution in [1.82, 2.24) is 15.5 Å². The zero-order chi connectivity index (χ0) is 23.0. The Morgan fingerprint density at radius 2 is 1.64 bits per heavy atom. The quantitative estimate of drug-likeness (QED) is 0.414. The lowest BCUT2D eigenvalue weighted by Crippen LogP contribution is -2.28. The molecule has 0 fully saturated rings. The number of nitrogens with zero attached hydrogens (tertiary/aromatic N) is 2. The molecule has 0 aliphatic heterocycles. The molecule has 4 rings (SSSR count). The number of para-hydroxylation sites is 1. The summed E-state index contributed by atoms with van der Waals surface area (Å²) in [5, 5.41) is 11.1. The van der Waals surface area contributed by atoms with Crippen LogP contribution in [-0.2, 0) is 11.3 Å². The lowest BCUT2D eigenvalue weighted by Gasteiger charge is -2.12. The van der Waals surface area contributed by atoms with Crippen LogP contribution in [0.15, 0.2) is 77.2 Å². The molecule has 0 saturated carbocycles. The fourth-order valence-electron chi connectivity index (χ4n) is 3.18. The predicted octanol–water partition coefficient (Wildman–Crippen LogP) is 4.12. The Labute approximate surface area is 191 Å². The Bertz CT molecular complexity index is 1220. The third-order valence-corrected chi connectivity index (χ3v) is 4.89. The van der Waals surface area contributed by atoms with E-state index in [4.69, 9.17) is 18.6 Å². The third-order valence-electron chi connectivity index (χ3n) is 4.89. The Kier molecular flexibility index (Phi) is 6.84. The zero-order valence-corrected chi connectivity index (χ0v) is 18.3. The van der Waals surface area contributed by atoms with Gasteiger partial charge < -0.3 is 23.9 Å². The standard InChI is InChI=1S/C25H23N3O5/c1-30-19-13-12-18(22(14-19)31-2)15-26-23(29)16-32-21-11-7-6-10-20(21)25-28-27-24(33-25)17-8-4-3-5-9-17/h3-14H,15-16H2,1-2H3,(H,26,29). The first-order valence-corrected chi connectivity index (χ1v) is 10.3. The van der Waals surface area contributed by atoms with E-state index in [2.05, 4.69) is 15.5 Å². The minimum atomic E-state index is -0.279. The van der Waals surface area contributed by atoms with Gasteiger partial charge in [0.2, 0.25) is 5.89 Å². The molecule has 1 heterocycles. The molecular formula is C25H23N3O5. The average molecular weight is 445 g/mol. The Hall–Kier alpha value is -4.33. The van der Waals surface area contributed by atoms with Gasteiger partial charge in [0.05, 0.1) is 19.8 Å². The molecule has 0 atom stereocenters. The van der Waals surface area contributed by atoms with Gasteiger partial charge >= 0.3 is 0 Å². The molecule has 8 nitrogen and oxygen atoms in total. The fourth-order valence-corrected chi connectivity index (χ4v) is 3.18. The van der Waals surface area contributed by atoms with Gasteiger partial charge in [-0.1, -0.05) is 30.3 Å². The lowest BCUT2D eigenvalue weighted by molar-refractivity contribution is -0.123. The van der Waals surface area contributed by atoms with Gasteiger partial charge in [-0.15, -0.1) is 10.2 Å². The summed E-state index contributed by atoms with van der Waals surface area (Å²) in [5.74, 6) is 2.22. The molecule has 168 valence electrons. The first kappa shape index (κ1) is 21.9. The molecule has 1 N–H and O–H groups in total. The van der Waals surface area contributed by atoms with Crippen LogP contribution in [0.4, 0.5) is 0 Å². The number of nitrogens with one attached hydrogen (secondary N) is 1. The van der Waals surface area contributed by atoms with Crippen LogP contribution in [0.5, 0.6) is 17.2 Å². The van der Waals surface area contributed by atoms with E-state index in [1.54, 1.807) is 32.4 Å². The molecule has 1 aromatic heterocycles. The largest absolute Gasteiger partial charge is 0.497 e. The molecule has 0 bridgehead atoms. The highest BCUT2D eigenvalue weighted by molar-refractivity contribution is 5.78. The number of benzene rings is 3. The summed E-state index contributed by atoms with van der Waals surface area (Å²) in [5.41, 5.74) is 2.26. The highest BCUT2D eigenvalue weighted by atomic mass is 16.5. The monoisotopic (exact) mass is 445 g/mol. The maximum atomic E-state index is 12.4. The molecule has 4 aromatic rings. The number of ether oxygens (including phenoxy) is 3. The Balaban J connectivity index is 1.40. The van der Waals surface area contributed by atoms with Crippen LogP contribution in [0.1, 0.15) is 5.56 Å². The first-order valence-electron chi connectivity index (χ1n) is 10.3. The molecule has 3 aromatic carbocycles. The van der Waals surface area contributed by atoms with Crippen molar-refractivity contribution in [1.29, 1.82) is 0 Å². The van der Waals surface area contributed by atoms with Gasteiger partial charge in [0.1, 0.15) is 17.2 Å². The van der Waals surface area contributed by atoms with Crippen molar-refractivity contribution in [3.63, 3.8) is 0 Å². The third kappa shape index (κ3) is 5.30. The zero-order valence-electron chi connectivity index (χ0n) is 18.3. The van der Waals surface area contributed by atoms with E-state index in [1.807, 2.05) is 54.6 Å². The van der Waals surface area contributed by atoms with Crippen molar-refractivity contribution in [3.05, 3.63) is 78.4 Å². The van der Waals surface area contributed by atoms with Gasteiger partial charge in [-0.2, -0.15) is 0 Å². The van der Waals surface area contributed by atoms with Crippen molar-refractivity contribution in [2.45, 2.75) is 6.54 Å². The van der Waals surface area contributed by atoms with Gasteiger partial charge in [0.25, 0.3) is 11.8 Å². The van der Waals surface area contributed by atoms with E-state index in [1.165, 1.54) is 0 Å². The second kappa shape index (κ2) is 10.3. The van der Waals surface area contributed by atoms with E-state index in [0.717, 1.165) is 11.1 Å². The second-order valence-corrected chi connectivity index (χ2v) is 7.02. The first-order chi connectivity index (χ1) is 16.2. The number of rotatable bonds is 9. The maximum Gasteiger partial charge on any atom is 0.258 e. The summed E-state index contributed by atoms with van der Waals surface area (Å²) < 4.78 is 22.1. The molecule has 0 saturated heterocycles. The maximum absolute atomic E-state index is 12.4. The molecule has 0 radical (unpaired) electrons. The van der Waals surface area contributed by atoms with Crippen molar-refractivity contribution < 1.29 is 23.4 Å². The Morgan fingerprint density at radius 1 is 0.879 bits per heavy atom. The number of carbonyl (C=O) groups is 1. The number of hydrogen-bond acceptors (Lipinski definition) is 7. The van der Waals surface area contributed by atoms with E-state index in [0.29, 0.717) is 41.1 Å². The number of hydrogen-bond donors (Lipinski definition) is 1. The van der Waals surface area contributed by atoms with Crippen molar-refractivity contribution in [3.8, 4) is 40.2 Å². The van der Waals surface area contributed by atoms with E-state index in [9.17, 15) is 4.79 Å². The van der Waals surface area contributed by atoms with Gasteiger partial charge in [-0.05, 0) is 36.4 Å². The van der Waals surface area contributed by atoms with Crippen LogP contribution in [0.3, 0.4) is 0 Å². The SMILES string of the molecule is COc1ccc(CNC(=O)COc2ccccc2-c2nnc(-c3ccccc3)o2)c(OC)c1. The molecule has 33 heavy (non-hydrogen) atoms. The van der Waals surface area contributed by atoms with Gasteiger partial charge in [0.15, 0.2) is 6.61 Å². The summed E-state index contributed by atoms with van der Waals surface area (Å²) in [6.07, 6.45) is 0. The second-order valence-electron chi connectivity index (χ2n) is 7.02. The van der Waals surface area contributed by atoms with E-state index >= 15 is 0 Å². The highest BCUT2D eigenvalue weighted by Crippen LogP contribution is 2.31. The number of aromatic nitrogens is 2. The molecule has 0 aliphatic carbocycles. The summed E-state index contributed by atoms with van der Waals surface area (Å²) in [6, 6.07) is 22.1. The molecule has 0 spiro atoms. The molecule has 0 aliphatic rings. The fraction of sp³-hybridized carbons (Fsp3) is 0.160. The number of carbonyl (C=O) groups excluding carboxylic acids is 1. The average Bonchev–Trinajstić information content (AvgIpc) is 3.37. The van der Waals surface area contributed by atoms with E-state index in [-0.39, 0.29) is 12.5 Å². The molecular weight excluding hydrogens is 422 g/mol. The minimum absolute atomic E-state index is 0.171.